The number of hydrogen-bond acceptors (Lipinski definition) is 2. The fourth-order valence-electron chi connectivity index (χ4n) is 4.14. The molecule has 2 aromatic carbocycles. The van der Waals surface area contributed by atoms with Crippen LogP contribution < -0.4 is 4.74 Å². The van der Waals surface area contributed by atoms with Crippen molar-refractivity contribution in [2.75, 3.05) is 26.2 Å². The maximum absolute atomic E-state index is 5.95. The Hall–Kier alpha value is -2.26. The minimum Gasteiger partial charge on any atom is -0.494 e. The van der Waals surface area contributed by atoms with Crippen molar-refractivity contribution in [3.63, 3.8) is 0 Å². The van der Waals surface area contributed by atoms with E-state index in [-0.39, 0.29) is 0 Å². The molecule has 4 rings (SSSR count). The van der Waals surface area contributed by atoms with Crippen molar-refractivity contribution >= 4 is 10.9 Å². The first-order chi connectivity index (χ1) is 13.2. The van der Waals surface area contributed by atoms with Crippen molar-refractivity contribution in [3.05, 3.63) is 59.8 Å². The van der Waals surface area contributed by atoms with E-state index >= 15 is 0 Å². The van der Waals surface area contributed by atoms with E-state index in [4.69, 9.17) is 4.74 Å². The number of fused-ring (bicyclic) bond motifs is 1. The zero-order valence-corrected chi connectivity index (χ0v) is 16.6. The summed E-state index contributed by atoms with van der Waals surface area (Å²) in [7, 11) is 0. The average Bonchev–Trinajstić information content (AvgIpc) is 3.28. The fraction of sp³-hybridized carbons (Fsp3) is 0.417. The van der Waals surface area contributed by atoms with E-state index in [9.17, 15) is 0 Å². The van der Waals surface area contributed by atoms with E-state index in [2.05, 4.69) is 71.8 Å². The van der Waals surface area contributed by atoms with Crippen LogP contribution in [0.1, 0.15) is 36.9 Å². The molecule has 1 aromatic heterocycles. The SMILES string of the molecule is Cc1ccc2c(c1)cc(C)n2-c1ccc(OCCCCN2CCCC2)cc1. The molecule has 0 unspecified atom stereocenters. The number of benzene rings is 2. The number of aromatic nitrogens is 1. The summed E-state index contributed by atoms with van der Waals surface area (Å²) in [5.74, 6) is 0.963. The Labute approximate surface area is 162 Å². The Kier molecular flexibility index (Phi) is 5.49. The smallest absolute Gasteiger partial charge is 0.119 e. The van der Waals surface area contributed by atoms with Crippen molar-refractivity contribution in [1.29, 1.82) is 0 Å². The topological polar surface area (TPSA) is 17.4 Å². The highest BCUT2D eigenvalue weighted by Gasteiger charge is 2.10. The highest BCUT2D eigenvalue weighted by atomic mass is 16.5. The second-order valence-electron chi connectivity index (χ2n) is 7.78. The summed E-state index contributed by atoms with van der Waals surface area (Å²) < 4.78 is 8.26. The summed E-state index contributed by atoms with van der Waals surface area (Å²) >= 11 is 0. The lowest BCUT2D eigenvalue weighted by molar-refractivity contribution is 0.279. The number of nitrogens with zero attached hydrogens (tertiary/aromatic N) is 2. The molecule has 27 heavy (non-hydrogen) atoms. The molecule has 0 atom stereocenters. The molecule has 1 saturated heterocycles. The van der Waals surface area contributed by atoms with Gasteiger partial charge in [0.15, 0.2) is 0 Å². The second kappa shape index (κ2) is 8.18. The van der Waals surface area contributed by atoms with E-state index in [1.807, 2.05) is 0 Å². The number of aryl methyl sites for hydroxylation is 2. The van der Waals surface area contributed by atoms with Crippen LogP contribution in [0.2, 0.25) is 0 Å². The van der Waals surface area contributed by atoms with Crippen LogP contribution >= 0.6 is 0 Å². The molecule has 3 nitrogen and oxygen atoms in total. The highest BCUT2D eigenvalue weighted by Crippen LogP contribution is 2.26. The molecule has 0 aliphatic carbocycles. The van der Waals surface area contributed by atoms with Crippen LogP contribution in [0.3, 0.4) is 0 Å². The Morgan fingerprint density at radius 2 is 1.67 bits per heavy atom. The van der Waals surface area contributed by atoms with Crippen LogP contribution in [0.25, 0.3) is 16.6 Å². The van der Waals surface area contributed by atoms with Crippen LogP contribution in [0.15, 0.2) is 48.5 Å². The van der Waals surface area contributed by atoms with Gasteiger partial charge in [0.1, 0.15) is 5.75 Å². The van der Waals surface area contributed by atoms with Gasteiger partial charge in [-0.25, -0.2) is 0 Å². The van der Waals surface area contributed by atoms with E-state index in [1.54, 1.807) is 0 Å². The summed E-state index contributed by atoms with van der Waals surface area (Å²) in [5, 5.41) is 1.30. The molecule has 3 heteroatoms. The maximum atomic E-state index is 5.95. The zero-order chi connectivity index (χ0) is 18.6. The largest absolute Gasteiger partial charge is 0.494 e. The molecule has 3 aromatic rings. The van der Waals surface area contributed by atoms with Crippen molar-refractivity contribution in [2.24, 2.45) is 0 Å². The first-order valence-corrected chi connectivity index (χ1v) is 10.2. The van der Waals surface area contributed by atoms with Crippen molar-refractivity contribution in [3.8, 4) is 11.4 Å². The summed E-state index contributed by atoms with van der Waals surface area (Å²) in [5.41, 5.74) is 5.00. The lowest BCUT2D eigenvalue weighted by atomic mass is 10.2. The summed E-state index contributed by atoms with van der Waals surface area (Å²) in [6.07, 6.45) is 5.10. The predicted molar refractivity (Wildman–Crippen MR) is 113 cm³/mol. The van der Waals surface area contributed by atoms with Gasteiger partial charge in [0, 0.05) is 16.8 Å². The summed E-state index contributed by atoms with van der Waals surface area (Å²) in [4.78, 5) is 2.57. The third kappa shape index (κ3) is 4.19. The quantitative estimate of drug-likeness (QED) is 0.516. The predicted octanol–water partition coefficient (Wildman–Crippen LogP) is 5.50. The molecule has 1 aliphatic heterocycles. The van der Waals surface area contributed by atoms with Crippen LogP contribution in [0.5, 0.6) is 5.75 Å². The minimum absolute atomic E-state index is 0.804. The molecular weight excluding hydrogens is 332 g/mol. The molecule has 2 heterocycles. The molecule has 0 N–H and O–H groups in total. The van der Waals surface area contributed by atoms with Crippen molar-refractivity contribution in [2.45, 2.75) is 39.5 Å². The summed E-state index contributed by atoms with van der Waals surface area (Å²) in [6.45, 7) is 8.91. The lowest BCUT2D eigenvalue weighted by Crippen LogP contribution is -2.20. The third-order valence-corrected chi connectivity index (χ3v) is 5.57. The molecule has 142 valence electrons. The molecule has 0 amide bonds. The normalized spacial score (nSPS) is 14.9. The van der Waals surface area contributed by atoms with Gasteiger partial charge in [-0.2, -0.15) is 0 Å². The number of unbranched alkanes of at least 4 members (excludes halogenated alkanes) is 1. The van der Waals surface area contributed by atoms with Crippen LogP contribution in [-0.4, -0.2) is 35.7 Å². The fourth-order valence-corrected chi connectivity index (χ4v) is 4.14. The standard InChI is InChI=1S/C24H30N2O/c1-19-7-12-24-21(17-19)18-20(2)26(24)22-8-10-23(11-9-22)27-16-6-5-15-25-13-3-4-14-25/h7-12,17-18H,3-6,13-16H2,1-2H3. The van der Waals surface area contributed by atoms with E-state index in [1.165, 1.54) is 66.7 Å². The van der Waals surface area contributed by atoms with Gasteiger partial charge in [-0.1, -0.05) is 11.6 Å². The number of likely N-dealkylation sites (tertiary alicyclic amines) is 1. The maximum Gasteiger partial charge on any atom is 0.119 e. The number of ether oxygens (including phenoxy) is 1. The van der Waals surface area contributed by atoms with Crippen LogP contribution in [-0.2, 0) is 0 Å². The zero-order valence-electron chi connectivity index (χ0n) is 16.6. The Morgan fingerprint density at radius 3 is 2.44 bits per heavy atom. The molecule has 1 fully saturated rings. The number of hydrogen-bond donors (Lipinski definition) is 0. The molecule has 0 spiro atoms. The lowest BCUT2D eigenvalue weighted by Gasteiger charge is -2.14. The molecule has 0 bridgehead atoms. The monoisotopic (exact) mass is 362 g/mol. The molecule has 0 radical (unpaired) electrons. The third-order valence-electron chi connectivity index (χ3n) is 5.57. The van der Waals surface area contributed by atoms with Crippen molar-refractivity contribution < 1.29 is 4.74 Å². The van der Waals surface area contributed by atoms with E-state index in [0.717, 1.165) is 18.8 Å². The van der Waals surface area contributed by atoms with Gasteiger partial charge in [0.2, 0.25) is 0 Å². The highest BCUT2D eigenvalue weighted by molar-refractivity contribution is 5.84. The van der Waals surface area contributed by atoms with Gasteiger partial charge in [-0.15, -0.1) is 0 Å². The first-order valence-electron chi connectivity index (χ1n) is 10.2. The Bertz CT molecular complexity index is 889. The first kappa shape index (κ1) is 18.1. The van der Waals surface area contributed by atoms with E-state index < -0.39 is 0 Å². The van der Waals surface area contributed by atoms with Gasteiger partial charge < -0.3 is 14.2 Å². The van der Waals surface area contributed by atoms with Gasteiger partial charge in [-0.3, -0.25) is 0 Å². The van der Waals surface area contributed by atoms with Gasteiger partial charge >= 0.3 is 0 Å². The van der Waals surface area contributed by atoms with Gasteiger partial charge in [0.25, 0.3) is 0 Å². The Morgan fingerprint density at radius 1 is 0.889 bits per heavy atom. The molecule has 1 aliphatic rings. The van der Waals surface area contributed by atoms with Crippen molar-refractivity contribution in [1.82, 2.24) is 9.47 Å². The summed E-state index contributed by atoms with van der Waals surface area (Å²) in [6, 6.07) is 17.4. The van der Waals surface area contributed by atoms with Gasteiger partial charge in [-0.05, 0) is 102 Å². The van der Waals surface area contributed by atoms with Crippen LogP contribution in [0, 0.1) is 13.8 Å². The second-order valence-corrected chi connectivity index (χ2v) is 7.78. The van der Waals surface area contributed by atoms with Crippen LogP contribution in [0.4, 0.5) is 0 Å². The molecule has 0 saturated carbocycles. The van der Waals surface area contributed by atoms with E-state index in [0.29, 0.717) is 0 Å². The Balaban J connectivity index is 1.35. The minimum atomic E-state index is 0.804. The van der Waals surface area contributed by atoms with Gasteiger partial charge in [0.05, 0.1) is 12.1 Å². The average molecular weight is 363 g/mol. The number of rotatable bonds is 7. The molecular formula is C24H30N2O.